The molecule has 1 aliphatic heterocycles. The SMILES string of the molecule is O=C(N[C@@H]1CCN(CC2CC2)C[C@H]1C(=O)O)c1ncc(-c2ccc(F)cc2F)o1. The lowest BCUT2D eigenvalue weighted by Gasteiger charge is -2.36. The Hall–Kier alpha value is -2.81. The van der Waals surface area contributed by atoms with E-state index in [-0.39, 0.29) is 17.2 Å². The molecule has 2 aliphatic rings. The van der Waals surface area contributed by atoms with Gasteiger partial charge in [-0.25, -0.2) is 13.8 Å². The maximum absolute atomic E-state index is 13.9. The van der Waals surface area contributed by atoms with Crippen LogP contribution < -0.4 is 5.32 Å². The Morgan fingerprint density at radius 1 is 1.28 bits per heavy atom. The predicted octanol–water partition coefficient (Wildman–Crippen LogP) is 2.53. The number of nitrogens with one attached hydrogen (secondary N) is 1. The number of rotatable bonds is 6. The van der Waals surface area contributed by atoms with Gasteiger partial charge in [0.2, 0.25) is 0 Å². The second-order valence-electron chi connectivity index (χ2n) is 7.67. The average molecular weight is 405 g/mol. The number of carboxylic acids is 1. The lowest BCUT2D eigenvalue weighted by molar-refractivity contribution is -0.144. The molecule has 2 heterocycles. The van der Waals surface area contributed by atoms with E-state index in [1.54, 1.807) is 0 Å². The van der Waals surface area contributed by atoms with E-state index in [0.29, 0.717) is 31.5 Å². The number of piperidine rings is 1. The molecule has 0 bridgehead atoms. The van der Waals surface area contributed by atoms with Crippen molar-refractivity contribution < 1.29 is 27.9 Å². The highest BCUT2D eigenvalue weighted by Gasteiger charge is 2.37. The number of halogens is 2. The molecule has 2 atom stereocenters. The second-order valence-corrected chi connectivity index (χ2v) is 7.67. The van der Waals surface area contributed by atoms with E-state index < -0.39 is 35.5 Å². The van der Waals surface area contributed by atoms with Crippen molar-refractivity contribution in [1.82, 2.24) is 15.2 Å². The zero-order chi connectivity index (χ0) is 20.5. The molecule has 154 valence electrons. The Morgan fingerprint density at radius 3 is 2.76 bits per heavy atom. The molecular formula is C20H21F2N3O4. The van der Waals surface area contributed by atoms with Crippen molar-refractivity contribution in [3.63, 3.8) is 0 Å². The van der Waals surface area contributed by atoms with Gasteiger partial charge in [-0.3, -0.25) is 9.59 Å². The quantitative estimate of drug-likeness (QED) is 0.767. The molecule has 7 nitrogen and oxygen atoms in total. The van der Waals surface area contributed by atoms with Crippen LogP contribution >= 0.6 is 0 Å². The largest absolute Gasteiger partial charge is 0.481 e. The number of hydrogen-bond acceptors (Lipinski definition) is 5. The molecule has 0 radical (unpaired) electrons. The van der Waals surface area contributed by atoms with Crippen LogP contribution in [0.5, 0.6) is 0 Å². The standard InChI is InChI=1S/C20H21F2N3O4/c21-12-3-4-13(15(22)7-12)17-8-23-19(29-17)18(26)24-16-5-6-25(9-11-1-2-11)10-14(16)20(27)28/h3-4,7-8,11,14,16H,1-2,5-6,9-10H2,(H,24,26)(H,27,28)/t14-,16-/m1/s1. The van der Waals surface area contributed by atoms with Gasteiger partial charge in [0.1, 0.15) is 11.6 Å². The molecule has 29 heavy (non-hydrogen) atoms. The maximum atomic E-state index is 13.9. The summed E-state index contributed by atoms with van der Waals surface area (Å²) in [7, 11) is 0. The van der Waals surface area contributed by atoms with Crippen molar-refractivity contribution in [3.05, 3.63) is 41.9 Å². The smallest absolute Gasteiger partial charge is 0.309 e. The molecule has 0 unspecified atom stereocenters. The third kappa shape index (κ3) is 4.45. The van der Waals surface area contributed by atoms with Crippen molar-refractivity contribution in [3.8, 4) is 11.3 Å². The van der Waals surface area contributed by atoms with E-state index in [0.717, 1.165) is 12.6 Å². The summed E-state index contributed by atoms with van der Waals surface area (Å²) in [6.45, 7) is 1.99. The number of aliphatic carboxylic acids is 1. The minimum atomic E-state index is -0.961. The summed E-state index contributed by atoms with van der Waals surface area (Å²) < 4.78 is 32.3. The molecular weight excluding hydrogens is 384 g/mol. The van der Waals surface area contributed by atoms with Crippen LogP contribution in [0, 0.1) is 23.5 Å². The first-order valence-electron chi connectivity index (χ1n) is 9.58. The van der Waals surface area contributed by atoms with Crippen molar-refractivity contribution in [2.24, 2.45) is 11.8 Å². The van der Waals surface area contributed by atoms with E-state index >= 15 is 0 Å². The summed E-state index contributed by atoms with van der Waals surface area (Å²) in [6.07, 6.45) is 4.07. The summed E-state index contributed by atoms with van der Waals surface area (Å²) >= 11 is 0. The number of amides is 1. The minimum Gasteiger partial charge on any atom is -0.481 e. The summed E-state index contributed by atoms with van der Waals surface area (Å²) in [6, 6.07) is 2.44. The molecule has 1 saturated carbocycles. The molecule has 2 N–H and O–H groups in total. The Morgan fingerprint density at radius 2 is 2.07 bits per heavy atom. The van der Waals surface area contributed by atoms with Gasteiger partial charge in [-0.15, -0.1) is 0 Å². The van der Waals surface area contributed by atoms with Crippen LogP contribution in [0.4, 0.5) is 8.78 Å². The summed E-state index contributed by atoms with van der Waals surface area (Å²) in [4.78, 5) is 30.2. The normalized spacial score (nSPS) is 22.4. The highest BCUT2D eigenvalue weighted by Crippen LogP contribution is 2.31. The van der Waals surface area contributed by atoms with E-state index in [4.69, 9.17) is 4.42 Å². The van der Waals surface area contributed by atoms with Gasteiger partial charge in [0.25, 0.3) is 5.89 Å². The van der Waals surface area contributed by atoms with E-state index in [9.17, 15) is 23.5 Å². The average Bonchev–Trinajstić information content (AvgIpc) is 3.35. The molecule has 0 spiro atoms. The van der Waals surface area contributed by atoms with Gasteiger partial charge in [0.05, 0.1) is 17.7 Å². The number of carbonyl (C=O) groups excluding carboxylic acids is 1. The van der Waals surface area contributed by atoms with E-state index in [1.807, 2.05) is 0 Å². The number of benzene rings is 1. The highest BCUT2D eigenvalue weighted by molar-refractivity contribution is 5.90. The topological polar surface area (TPSA) is 95.7 Å². The van der Waals surface area contributed by atoms with Crippen LogP contribution in [0.15, 0.2) is 28.8 Å². The van der Waals surface area contributed by atoms with Crippen LogP contribution in [-0.4, -0.2) is 52.5 Å². The number of likely N-dealkylation sites (tertiary alicyclic amines) is 1. The third-order valence-electron chi connectivity index (χ3n) is 5.44. The Labute approximate surface area is 165 Å². The van der Waals surface area contributed by atoms with Gasteiger partial charge in [-0.2, -0.15) is 0 Å². The van der Waals surface area contributed by atoms with Crippen molar-refractivity contribution in [2.45, 2.75) is 25.3 Å². The molecule has 9 heteroatoms. The molecule has 4 rings (SSSR count). The van der Waals surface area contributed by atoms with E-state index in [2.05, 4.69) is 15.2 Å². The number of carboxylic acid groups (broad SMARTS) is 1. The number of nitrogens with zero attached hydrogens (tertiary/aromatic N) is 2. The molecule has 1 saturated heterocycles. The van der Waals surface area contributed by atoms with Gasteiger partial charge in [0, 0.05) is 31.7 Å². The zero-order valence-corrected chi connectivity index (χ0v) is 15.6. The number of hydrogen-bond donors (Lipinski definition) is 2. The fourth-order valence-electron chi connectivity index (χ4n) is 3.70. The molecule has 2 fully saturated rings. The van der Waals surface area contributed by atoms with Gasteiger partial charge < -0.3 is 19.7 Å². The van der Waals surface area contributed by atoms with Gasteiger partial charge >= 0.3 is 11.9 Å². The predicted molar refractivity (Wildman–Crippen MR) is 98.0 cm³/mol. The van der Waals surface area contributed by atoms with Gasteiger partial charge in [0.15, 0.2) is 5.76 Å². The Balaban J connectivity index is 1.43. The first-order chi connectivity index (χ1) is 13.9. The van der Waals surface area contributed by atoms with Crippen molar-refractivity contribution in [2.75, 3.05) is 19.6 Å². The number of carbonyl (C=O) groups is 2. The molecule has 1 aliphatic carbocycles. The summed E-state index contributed by atoms with van der Waals surface area (Å²) in [5.41, 5.74) is -0.0188. The molecule has 1 aromatic heterocycles. The van der Waals surface area contributed by atoms with Crippen molar-refractivity contribution in [1.29, 1.82) is 0 Å². The highest BCUT2D eigenvalue weighted by atomic mass is 19.1. The fourth-order valence-corrected chi connectivity index (χ4v) is 3.70. The fraction of sp³-hybridized carbons (Fsp3) is 0.450. The van der Waals surface area contributed by atoms with Gasteiger partial charge in [-0.05, 0) is 37.3 Å². The lowest BCUT2D eigenvalue weighted by Crippen LogP contribution is -2.53. The maximum Gasteiger partial charge on any atom is 0.309 e. The van der Waals surface area contributed by atoms with Crippen LogP contribution in [0.2, 0.25) is 0 Å². The minimum absolute atomic E-state index is 0.0123. The summed E-state index contributed by atoms with van der Waals surface area (Å²) in [5.74, 6) is -3.56. The first kappa shape index (κ1) is 19.5. The van der Waals surface area contributed by atoms with E-state index in [1.165, 1.54) is 25.1 Å². The van der Waals surface area contributed by atoms with Crippen molar-refractivity contribution >= 4 is 11.9 Å². The monoisotopic (exact) mass is 405 g/mol. The number of oxazole rings is 1. The van der Waals surface area contributed by atoms with Crippen LogP contribution in [0.1, 0.15) is 29.9 Å². The Bertz CT molecular complexity index is 928. The number of aromatic nitrogens is 1. The molecule has 1 amide bonds. The first-order valence-corrected chi connectivity index (χ1v) is 9.58. The summed E-state index contributed by atoms with van der Waals surface area (Å²) in [5, 5.41) is 12.3. The van der Waals surface area contributed by atoms with Crippen LogP contribution in [-0.2, 0) is 4.79 Å². The van der Waals surface area contributed by atoms with Gasteiger partial charge in [-0.1, -0.05) is 0 Å². The zero-order valence-electron chi connectivity index (χ0n) is 15.6. The lowest BCUT2D eigenvalue weighted by atomic mass is 9.92. The van der Waals surface area contributed by atoms with Crippen LogP contribution in [0.3, 0.4) is 0 Å². The third-order valence-corrected chi connectivity index (χ3v) is 5.44. The molecule has 2 aromatic rings. The molecule has 1 aromatic carbocycles. The van der Waals surface area contributed by atoms with Crippen LogP contribution in [0.25, 0.3) is 11.3 Å². The second kappa shape index (κ2) is 7.90. The Kier molecular flexibility index (Phi) is 5.31.